The fraction of sp³-hybridized carbons (Fsp3) is 0.143. The Labute approximate surface area is 147 Å². The van der Waals surface area contributed by atoms with E-state index in [0.29, 0.717) is 20.1 Å². The molecule has 0 spiro atoms. The Morgan fingerprint density at radius 2 is 1.77 bits per heavy atom. The summed E-state index contributed by atoms with van der Waals surface area (Å²) in [6.07, 6.45) is 0. The molecule has 1 N–H and O–H groups in total. The Morgan fingerprint density at radius 1 is 1.14 bits per heavy atom. The average Bonchev–Trinajstić information content (AvgIpc) is 2.44. The first-order chi connectivity index (χ1) is 10.3. The van der Waals surface area contributed by atoms with Gasteiger partial charge in [-0.3, -0.25) is 0 Å². The van der Waals surface area contributed by atoms with Crippen LogP contribution in [0.15, 0.2) is 45.8 Å². The molecule has 2 aromatic carbocycles. The number of halogens is 3. The first-order valence-electron chi connectivity index (χ1n) is 6.10. The molecule has 118 valence electrons. The largest absolute Gasteiger partial charge is 0.495 e. The molecule has 0 amide bonds. The number of sulfonamides is 1. The van der Waals surface area contributed by atoms with Crippen molar-refractivity contribution in [2.75, 3.05) is 7.11 Å². The van der Waals surface area contributed by atoms with Crippen LogP contribution < -0.4 is 9.46 Å². The minimum absolute atomic E-state index is 0.0532. The van der Waals surface area contributed by atoms with Gasteiger partial charge in [-0.2, -0.15) is 0 Å². The Kier molecular flexibility index (Phi) is 5.74. The molecule has 2 rings (SSSR count). The van der Waals surface area contributed by atoms with Gasteiger partial charge in [0.05, 0.1) is 7.11 Å². The Balaban J connectivity index is 2.26. The molecule has 0 bridgehead atoms. The molecule has 0 unspecified atom stereocenters. The Hall–Kier alpha value is -0.790. The van der Waals surface area contributed by atoms with Crippen molar-refractivity contribution >= 4 is 49.2 Å². The number of hydrogen-bond acceptors (Lipinski definition) is 3. The van der Waals surface area contributed by atoms with E-state index in [1.807, 2.05) is 0 Å². The Bertz CT molecular complexity index is 776. The second kappa shape index (κ2) is 7.19. The number of nitrogens with one attached hydrogen (secondary N) is 1. The smallest absolute Gasteiger partial charge is 0.244 e. The lowest BCUT2D eigenvalue weighted by atomic mass is 10.2. The van der Waals surface area contributed by atoms with Gasteiger partial charge >= 0.3 is 0 Å². The summed E-state index contributed by atoms with van der Waals surface area (Å²) < 4.78 is 33.1. The van der Waals surface area contributed by atoms with Gasteiger partial charge in [-0.1, -0.05) is 39.1 Å². The third-order valence-corrected chi connectivity index (χ3v) is 5.16. The van der Waals surface area contributed by atoms with Crippen molar-refractivity contribution in [3.8, 4) is 5.75 Å². The van der Waals surface area contributed by atoms with E-state index in [2.05, 4.69) is 20.7 Å². The van der Waals surface area contributed by atoms with Gasteiger partial charge < -0.3 is 4.74 Å². The maximum Gasteiger partial charge on any atom is 0.244 e. The number of ether oxygens (including phenoxy) is 1. The summed E-state index contributed by atoms with van der Waals surface area (Å²) in [4.78, 5) is 0.0532. The molecule has 0 heterocycles. The van der Waals surface area contributed by atoms with E-state index in [-0.39, 0.29) is 17.2 Å². The van der Waals surface area contributed by atoms with Gasteiger partial charge in [0.25, 0.3) is 0 Å². The summed E-state index contributed by atoms with van der Waals surface area (Å²) in [5.41, 5.74) is 0.662. The zero-order valence-corrected chi connectivity index (χ0v) is 15.4. The van der Waals surface area contributed by atoms with Gasteiger partial charge in [0.1, 0.15) is 10.6 Å². The van der Waals surface area contributed by atoms with Gasteiger partial charge in [0, 0.05) is 21.1 Å². The van der Waals surface area contributed by atoms with Gasteiger partial charge in [-0.25, -0.2) is 13.1 Å². The molecule has 0 radical (unpaired) electrons. The van der Waals surface area contributed by atoms with Gasteiger partial charge in [-0.05, 0) is 42.0 Å². The molecule has 0 aliphatic carbocycles. The van der Waals surface area contributed by atoms with Gasteiger partial charge in [-0.15, -0.1) is 0 Å². The maximum absolute atomic E-state index is 12.4. The average molecular weight is 425 g/mol. The molecule has 0 saturated carbocycles. The number of hydrogen-bond donors (Lipinski definition) is 1. The highest BCUT2D eigenvalue weighted by molar-refractivity contribution is 9.10. The predicted octanol–water partition coefficient (Wildman–Crippen LogP) is 4.24. The van der Waals surface area contributed by atoms with Crippen LogP contribution in [0.25, 0.3) is 0 Å². The van der Waals surface area contributed by atoms with Crippen molar-refractivity contribution in [1.29, 1.82) is 0 Å². The van der Waals surface area contributed by atoms with Crippen molar-refractivity contribution < 1.29 is 13.2 Å². The second-order valence-corrected chi connectivity index (χ2v) is 7.92. The number of benzene rings is 2. The molecule has 0 aromatic heterocycles. The topological polar surface area (TPSA) is 55.4 Å². The van der Waals surface area contributed by atoms with Crippen LogP contribution in [0.2, 0.25) is 10.0 Å². The van der Waals surface area contributed by atoms with Crippen molar-refractivity contribution in [2.45, 2.75) is 11.4 Å². The highest BCUT2D eigenvalue weighted by atomic mass is 79.9. The third kappa shape index (κ3) is 4.36. The molecule has 22 heavy (non-hydrogen) atoms. The predicted molar refractivity (Wildman–Crippen MR) is 91.2 cm³/mol. The minimum atomic E-state index is -3.74. The molecule has 2 aromatic rings. The maximum atomic E-state index is 12.4. The third-order valence-electron chi connectivity index (χ3n) is 2.80. The van der Waals surface area contributed by atoms with Gasteiger partial charge in [0.2, 0.25) is 10.0 Å². The van der Waals surface area contributed by atoms with Crippen LogP contribution in [0, 0.1) is 0 Å². The van der Waals surface area contributed by atoms with Crippen LogP contribution in [0.3, 0.4) is 0 Å². The first-order valence-corrected chi connectivity index (χ1v) is 9.13. The Morgan fingerprint density at radius 3 is 2.36 bits per heavy atom. The summed E-state index contributed by atoms with van der Waals surface area (Å²) in [5.74, 6) is 0.264. The highest BCUT2D eigenvalue weighted by Gasteiger charge is 2.19. The summed E-state index contributed by atoms with van der Waals surface area (Å²) in [7, 11) is -2.32. The van der Waals surface area contributed by atoms with Crippen molar-refractivity contribution in [3.05, 3.63) is 56.5 Å². The molecular formula is C14H12BrCl2NO3S. The van der Waals surface area contributed by atoms with E-state index >= 15 is 0 Å². The zero-order valence-electron chi connectivity index (χ0n) is 11.4. The summed E-state index contributed by atoms with van der Waals surface area (Å²) in [6, 6.07) is 9.64. The molecule has 8 heteroatoms. The fourth-order valence-electron chi connectivity index (χ4n) is 1.83. The van der Waals surface area contributed by atoms with Gasteiger partial charge in [0.15, 0.2) is 0 Å². The van der Waals surface area contributed by atoms with E-state index < -0.39 is 10.0 Å². The standard InChI is InChI=1S/C14H12BrCl2NO3S/c1-21-13-3-2-10(15)6-14(13)22(19,20)18-8-9-4-11(16)7-12(17)5-9/h2-7,18H,8H2,1H3. The van der Waals surface area contributed by atoms with Crippen molar-refractivity contribution in [2.24, 2.45) is 0 Å². The molecule has 0 saturated heterocycles. The van der Waals surface area contributed by atoms with E-state index in [9.17, 15) is 8.42 Å². The summed E-state index contributed by atoms with van der Waals surface area (Å²) in [5, 5.41) is 0.892. The van der Waals surface area contributed by atoms with Crippen molar-refractivity contribution in [1.82, 2.24) is 4.72 Å². The second-order valence-electron chi connectivity index (χ2n) is 4.40. The fourth-order valence-corrected chi connectivity index (χ4v) is 4.12. The van der Waals surface area contributed by atoms with E-state index in [1.54, 1.807) is 30.3 Å². The van der Waals surface area contributed by atoms with Crippen LogP contribution in [0.4, 0.5) is 0 Å². The van der Waals surface area contributed by atoms with Crippen LogP contribution in [0.1, 0.15) is 5.56 Å². The van der Waals surface area contributed by atoms with Crippen LogP contribution in [-0.2, 0) is 16.6 Å². The molecule has 4 nitrogen and oxygen atoms in total. The molecular weight excluding hydrogens is 413 g/mol. The zero-order chi connectivity index (χ0) is 16.3. The van der Waals surface area contributed by atoms with Crippen molar-refractivity contribution in [3.63, 3.8) is 0 Å². The molecule has 0 aliphatic heterocycles. The molecule has 0 fully saturated rings. The SMILES string of the molecule is COc1ccc(Br)cc1S(=O)(=O)NCc1cc(Cl)cc(Cl)c1. The van der Waals surface area contributed by atoms with E-state index in [1.165, 1.54) is 13.2 Å². The highest BCUT2D eigenvalue weighted by Crippen LogP contribution is 2.27. The van der Waals surface area contributed by atoms with E-state index in [4.69, 9.17) is 27.9 Å². The van der Waals surface area contributed by atoms with Crippen LogP contribution >= 0.6 is 39.1 Å². The summed E-state index contributed by atoms with van der Waals surface area (Å²) in [6.45, 7) is 0.0677. The lowest BCUT2D eigenvalue weighted by Crippen LogP contribution is -2.23. The first kappa shape index (κ1) is 17.6. The normalized spacial score (nSPS) is 11.5. The molecule has 0 aliphatic rings. The van der Waals surface area contributed by atoms with E-state index in [0.717, 1.165) is 0 Å². The molecule has 0 atom stereocenters. The number of rotatable bonds is 5. The quantitative estimate of drug-likeness (QED) is 0.780. The lowest BCUT2D eigenvalue weighted by Gasteiger charge is -2.11. The lowest BCUT2D eigenvalue weighted by molar-refractivity contribution is 0.402. The monoisotopic (exact) mass is 423 g/mol. The van der Waals surface area contributed by atoms with Crippen LogP contribution in [-0.4, -0.2) is 15.5 Å². The number of methoxy groups -OCH3 is 1. The van der Waals surface area contributed by atoms with Crippen LogP contribution in [0.5, 0.6) is 5.75 Å². The minimum Gasteiger partial charge on any atom is -0.495 e. The summed E-state index contributed by atoms with van der Waals surface area (Å²) >= 11 is 15.0.